The van der Waals surface area contributed by atoms with E-state index in [9.17, 15) is 4.79 Å². The monoisotopic (exact) mass is 285 g/mol. The molecule has 110 valence electrons. The minimum atomic E-state index is -0.152. The second-order valence-corrected chi connectivity index (χ2v) is 4.76. The van der Waals surface area contributed by atoms with Crippen molar-refractivity contribution >= 4 is 11.6 Å². The average molecular weight is 285 g/mol. The molecule has 5 nitrogen and oxygen atoms in total. The predicted octanol–water partition coefficient (Wildman–Crippen LogP) is 1.95. The second-order valence-electron chi connectivity index (χ2n) is 4.76. The number of hydrogen-bond acceptors (Lipinski definition) is 4. The van der Waals surface area contributed by atoms with Crippen molar-refractivity contribution in [1.29, 1.82) is 0 Å². The van der Waals surface area contributed by atoms with Gasteiger partial charge in [-0.3, -0.25) is 9.78 Å². The lowest BCUT2D eigenvalue weighted by Gasteiger charge is -2.08. The first kappa shape index (κ1) is 14.8. The molecule has 1 aromatic carbocycles. The highest BCUT2D eigenvalue weighted by Crippen LogP contribution is 2.12. The molecule has 0 fully saturated rings. The number of nitrogen functional groups attached to an aromatic ring is 1. The minimum absolute atomic E-state index is 0.152. The number of methoxy groups -OCH3 is 1. The number of aryl methyl sites for hydroxylation is 1. The Labute approximate surface area is 124 Å². The van der Waals surface area contributed by atoms with E-state index in [2.05, 4.69) is 10.3 Å². The van der Waals surface area contributed by atoms with Gasteiger partial charge in [0, 0.05) is 6.54 Å². The maximum Gasteiger partial charge on any atom is 0.253 e. The highest BCUT2D eigenvalue weighted by Gasteiger charge is 2.09. The van der Waals surface area contributed by atoms with Crippen LogP contribution in [0.2, 0.25) is 0 Å². The molecule has 1 amide bonds. The number of rotatable bonds is 5. The molecule has 0 atom stereocenters. The smallest absolute Gasteiger partial charge is 0.253 e. The summed E-state index contributed by atoms with van der Waals surface area (Å²) in [6.45, 7) is 2.34. The number of pyridine rings is 1. The number of carbonyl (C=O) groups excluding carboxylic acids is 1. The Balaban J connectivity index is 1.90. The van der Waals surface area contributed by atoms with Gasteiger partial charge in [0.1, 0.15) is 5.75 Å². The van der Waals surface area contributed by atoms with Crippen LogP contribution in [0.25, 0.3) is 0 Å². The lowest BCUT2D eigenvalue weighted by Crippen LogP contribution is -2.26. The molecular weight excluding hydrogens is 266 g/mol. The lowest BCUT2D eigenvalue weighted by molar-refractivity contribution is 0.0953. The topological polar surface area (TPSA) is 77.2 Å². The Morgan fingerprint density at radius 2 is 2.05 bits per heavy atom. The summed E-state index contributed by atoms with van der Waals surface area (Å²) in [7, 11) is 1.64. The summed E-state index contributed by atoms with van der Waals surface area (Å²) in [4.78, 5) is 16.2. The van der Waals surface area contributed by atoms with E-state index in [0.29, 0.717) is 23.5 Å². The molecule has 0 unspecified atom stereocenters. The molecule has 0 bridgehead atoms. The molecule has 1 heterocycles. The Morgan fingerprint density at radius 1 is 1.33 bits per heavy atom. The van der Waals surface area contributed by atoms with Crippen molar-refractivity contribution in [2.45, 2.75) is 13.3 Å². The van der Waals surface area contributed by atoms with Gasteiger partial charge in [-0.2, -0.15) is 0 Å². The van der Waals surface area contributed by atoms with Crippen LogP contribution in [-0.4, -0.2) is 24.5 Å². The van der Waals surface area contributed by atoms with Gasteiger partial charge in [-0.1, -0.05) is 12.1 Å². The van der Waals surface area contributed by atoms with E-state index in [1.54, 1.807) is 26.3 Å². The minimum Gasteiger partial charge on any atom is -0.497 e. The van der Waals surface area contributed by atoms with Gasteiger partial charge in [0.05, 0.1) is 30.3 Å². The number of nitrogens with zero attached hydrogens (tertiary/aromatic N) is 1. The Morgan fingerprint density at radius 3 is 2.71 bits per heavy atom. The number of aromatic nitrogens is 1. The molecule has 0 aliphatic heterocycles. The number of amides is 1. The predicted molar refractivity (Wildman–Crippen MR) is 82.4 cm³/mol. The highest BCUT2D eigenvalue weighted by atomic mass is 16.5. The molecule has 2 aromatic rings. The Bertz CT molecular complexity index is 624. The van der Waals surface area contributed by atoms with Crippen LogP contribution in [0.15, 0.2) is 36.5 Å². The first-order valence-corrected chi connectivity index (χ1v) is 6.73. The quantitative estimate of drug-likeness (QED) is 0.880. The van der Waals surface area contributed by atoms with Crippen LogP contribution in [0, 0.1) is 6.92 Å². The maximum atomic E-state index is 12.1. The number of benzene rings is 1. The summed E-state index contributed by atoms with van der Waals surface area (Å²) in [5.41, 5.74) is 8.47. The van der Waals surface area contributed by atoms with Crippen molar-refractivity contribution < 1.29 is 9.53 Å². The van der Waals surface area contributed by atoms with E-state index in [4.69, 9.17) is 10.5 Å². The van der Waals surface area contributed by atoms with Crippen LogP contribution >= 0.6 is 0 Å². The van der Waals surface area contributed by atoms with Gasteiger partial charge in [0.25, 0.3) is 5.91 Å². The first-order chi connectivity index (χ1) is 10.1. The average Bonchev–Trinajstić information content (AvgIpc) is 2.50. The number of hydrogen-bond donors (Lipinski definition) is 2. The summed E-state index contributed by atoms with van der Waals surface area (Å²) in [5, 5.41) is 2.88. The van der Waals surface area contributed by atoms with Gasteiger partial charge >= 0.3 is 0 Å². The number of nitrogens with one attached hydrogen (secondary N) is 1. The van der Waals surface area contributed by atoms with Crippen LogP contribution in [0.1, 0.15) is 21.6 Å². The van der Waals surface area contributed by atoms with Gasteiger partial charge in [-0.05, 0) is 37.1 Å². The van der Waals surface area contributed by atoms with E-state index in [0.717, 1.165) is 17.7 Å². The van der Waals surface area contributed by atoms with E-state index < -0.39 is 0 Å². The third kappa shape index (κ3) is 3.95. The fourth-order valence-corrected chi connectivity index (χ4v) is 1.99. The SMILES string of the molecule is COc1ccc(CCNC(=O)c2cc(N)cnc2C)cc1. The molecule has 0 radical (unpaired) electrons. The van der Waals surface area contributed by atoms with Gasteiger partial charge in [-0.15, -0.1) is 0 Å². The van der Waals surface area contributed by atoms with E-state index >= 15 is 0 Å². The lowest BCUT2D eigenvalue weighted by atomic mass is 10.1. The van der Waals surface area contributed by atoms with Gasteiger partial charge < -0.3 is 15.8 Å². The molecule has 3 N–H and O–H groups in total. The fraction of sp³-hybridized carbons (Fsp3) is 0.250. The summed E-state index contributed by atoms with van der Waals surface area (Å²) in [6.07, 6.45) is 2.30. The molecule has 0 saturated carbocycles. The first-order valence-electron chi connectivity index (χ1n) is 6.73. The molecule has 0 spiro atoms. The van der Waals surface area contributed by atoms with Crippen LogP contribution in [-0.2, 0) is 6.42 Å². The Hall–Kier alpha value is -2.56. The van der Waals surface area contributed by atoms with Crippen molar-refractivity contribution in [1.82, 2.24) is 10.3 Å². The van der Waals surface area contributed by atoms with E-state index in [1.807, 2.05) is 24.3 Å². The molecule has 1 aromatic heterocycles. The van der Waals surface area contributed by atoms with Crippen LogP contribution in [0.3, 0.4) is 0 Å². The third-order valence-electron chi connectivity index (χ3n) is 3.21. The molecular formula is C16H19N3O2. The van der Waals surface area contributed by atoms with Crippen molar-refractivity contribution in [3.63, 3.8) is 0 Å². The highest BCUT2D eigenvalue weighted by molar-refractivity contribution is 5.95. The van der Waals surface area contributed by atoms with Crippen molar-refractivity contribution in [3.8, 4) is 5.75 Å². The summed E-state index contributed by atoms with van der Waals surface area (Å²) < 4.78 is 5.11. The number of nitrogens with two attached hydrogens (primary N) is 1. The molecule has 0 aliphatic carbocycles. The standard InChI is InChI=1S/C16H19N3O2/c1-11-15(9-13(17)10-19-11)16(20)18-8-7-12-3-5-14(21-2)6-4-12/h3-6,9-10H,7-8,17H2,1-2H3,(H,18,20). The molecule has 0 saturated heterocycles. The number of carbonyl (C=O) groups is 1. The zero-order valence-electron chi connectivity index (χ0n) is 12.2. The van der Waals surface area contributed by atoms with Gasteiger partial charge in [-0.25, -0.2) is 0 Å². The second kappa shape index (κ2) is 6.74. The zero-order chi connectivity index (χ0) is 15.2. The van der Waals surface area contributed by atoms with Crippen molar-refractivity contribution in [2.75, 3.05) is 19.4 Å². The molecule has 0 aliphatic rings. The van der Waals surface area contributed by atoms with Gasteiger partial charge in [0.2, 0.25) is 0 Å². The number of ether oxygens (including phenoxy) is 1. The van der Waals surface area contributed by atoms with Gasteiger partial charge in [0.15, 0.2) is 0 Å². The summed E-state index contributed by atoms with van der Waals surface area (Å²) >= 11 is 0. The van der Waals surface area contributed by atoms with Crippen LogP contribution < -0.4 is 15.8 Å². The van der Waals surface area contributed by atoms with Crippen molar-refractivity contribution in [3.05, 3.63) is 53.3 Å². The maximum absolute atomic E-state index is 12.1. The van der Waals surface area contributed by atoms with E-state index in [1.165, 1.54) is 0 Å². The zero-order valence-corrected chi connectivity index (χ0v) is 12.2. The number of anilines is 1. The largest absolute Gasteiger partial charge is 0.497 e. The molecule has 21 heavy (non-hydrogen) atoms. The van der Waals surface area contributed by atoms with E-state index in [-0.39, 0.29) is 5.91 Å². The summed E-state index contributed by atoms with van der Waals surface area (Å²) in [5.74, 6) is 0.671. The summed E-state index contributed by atoms with van der Waals surface area (Å²) in [6, 6.07) is 9.42. The van der Waals surface area contributed by atoms with Crippen LogP contribution in [0.4, 0.5) is 5.69 Å². The van der Waals surface area contributed by atoms with Crippen molar-refractivity contribution in [2.24, 2.45) is 0 Å². The Kier molecular flexibility index (Phi) is 4.77. The molecule has 5 heteroatoms. The third-order valence-corrected chi connectivity index (χ3v) is 3.21. The fourth-order valence-electron chi connectivity index (χ4n) is 1.99. The molecule has 2 rings (SSSR count). The van der Waals surface area contributed by atoms with Crippen LogP contribution in [0.5, 0.6) is 5.75 Å². The normalized spacial score (nSPS) is 10.2.